The van der Waals surface area contributed by atoms with Crippen LogP contribution in [-0.4, -0.2) is 55.0 Å². The Hall–Kier alpha value is -1.92. The van der Waals surface area contributed by atoms with Crippen LogP contribution < -0.4 is 0 Å². The molecule has 1 amide bonds. The Balaban J connectivity index is 2.76. The van der Waals surface area contributed by atoms with E-state index in [1.807, 2.05) is 30.3 Å². The van der Waals surface area contributed by atoms with Gasteiger partial charge in [-0.3, -0.25) is 0 Å². The summed E-state index contributed by atoms with van der Waals surface area (Å²) >= 11 is 0. The Morgan fingerprint density at radius 2 is 1.90 bits per heavy atom. The Labute approximate surface area is 124 Å². The molecule has 1 unspecified atom stereocenters. The molecule has 0 aliphatic rings. The first-order chi connectivity index (χ1) is 10.0. The van der Waals surface area contributed by atoms with Gasteiger partial charge in [-0.25, -0.2) is 9.28 Å². The first kappa shape index (κ1) is 17.1. The van der Waals surface area contributed by atoms with Crippen LogP contribution in [0.2, 0.25) is 0 Å². The molecule has 0 spiro atoms. The fraction of sp³-hybridized carbons (Fsp3) is 0.467. The number of nitrogens with zero attached hydrogens (tertiary/aromatic N) is 1. The molecule has 6 nitrogen and oxygen atoms in total. The molecule has 1 aromatic carbocycles. The standard InChI is InChI=1S/C15H21NO5/c1-3-16(9-10-20-2,11-14(17)18)15(19)21-12-13-7-5-4-6-8-13/h4-8H,3,9-12H2,1-2H3/p+1. The van der Waals surface area contributed by atoms with E-state index in [9.17, 15) is 9.59 Å². The van der Waals surface area contributed by atoms with Gasteiger partial charge < -0.3 is 14.6 Å². The van der Waals surface area contributed by atoms with E-state index in [0.29, 0.717) is 13.2 Å². The third-order valence-electron chi connectivity index (χ3n) is 3.36. The third kappa shape index (κ3) is 5.17. The highest BCUT2D eigenvalue weighted by atomic mass is 16.6. The lowest BCUT2D eigenvalue weighted by Crippen LogP contribution is -2.57. The van der Waals surface area contributed by atoms with Crippen molar-refractivity contribution in [3.63, 3.8) is 0 Å². The maximum absolute atomic E-state index is 12.3. The maximum Gasteiger partial charge on any atom is 0.516 e. The summed E-state index contributed by atoms with van der Waals surface area (Å²) in [6.45, 7) is 2.49. The van der Waals surface area contributed by atoms with Crippen LogP contribution in [0.4, 0.5) is 4.79 Å². The van der Waals surface area contributed by atoms with E-state index in [4.69, 9.17) is 14.6 Å². The predicted molar refractivity (Wildman–Crippen MR) is 76.7 cm³/mol. The van der Waals surface area contributed by atoms with E-state index in [1.54, 1.807) is 6.92 Å². The van der Waals surface area contributed by atoms with Crippen LogP contribution in [0.1, 0.15) is 12.5 Å². The zero-order valence-electron chi connectivity index (χ0n) is 12.4. The summed E-state index contributed by atoms with van der Waals surface area (Å²) in [5.74, 6) is -1.04. The van der Waals surface area contributed by atoms with Crippen LogP contribution in [0, 0.1) is 0 Å². The summed E-state index contributed by atoms with van der Waals surface area (Å²) in [6, 6.07) is 9.28. The smallest absolute Gasteiger partial charge is 0.477 e. The number of rotatable bonds is 8. The van der Waals surface area contributed by atoms with E-state index in [2.05, 4.69) is 0 Å². The summed E-state index contributed by atoms with van der Waals surface area (Å²) in [5, 5.41) is 9.05. The van der Waals surface area contributed by atoms with Gasteiger partial charge >= 0.3 is 12.1 Å². The van der Waals surface area contributed by atoms with Crippen molar-refractivity contribution < 1.29 is 28.7 Å². The van der Waals surface area contributed by atoms with Crippen LogP contribution in [0.15, 0.2) is 30.3 Å². The van der Waals surface area contributed by atoms with Gasteiger partial charge in [-0.1, -0.05) is 30.3 Å². The van der Waals surface area contributed by atoms with Crippen molar-refractivity contribution >= 4 is 12.1 Å². The third-order valence-corrected chi connectivity index (χ3v) is 3.36. The molecule has 21 heavy (non-hydrogen) atoms. The van der Waals surface area contributed by atoms with Crippen LogP contribution >= 0.6 is 0 Å². The van der Waals surface area contributed by atoms with Gasteiger partial charge in [0.2, 0.25) is 0 Å². The second-order valence-electron chi connectivity index (χ2n) is 4.77. The quantitative estimate of drug-likeness (QED) is 0.742. The number of hydrogen-bond acceptors (Lipinski definition) is 4. The fourth-order valence-electron chi connectivity index (χ4n) is 2.02. The number of carboxylic acid groups (broad SMARTS) is 1. The van der Waals surface area contributed by atoms with Crippen LogP contribution in [-0.2, 0) is 20.9 Å². The van der Waals surface area contributed by atoms with Crippen molar-refractivity contribution in [2.45, 2.75) is 13.5 Å². The molecule has 0 fully saturated rings. The number of carboxylic acids is 1. The minimum absolute atomic E-state index is 0.131. The summed E-state index contributed by atoms with van der Waals surface area (Å²) in [6.07, 6.45) is -0.541. The number of aliphatic carboxylic acids is 1. The summed E-state index contributed by atoms with van der Waals surface area (Å²) in [7, 11) is 1.51. The van der Waals surface area contributed by atoms with E-state index >= 15 is 0 Å². The number of likely N-dealkylation sites (N-methyl/N-ethyl adjacent to an activating group) is 1. The molecule has 1 atom stereocenters. The van der Waals surface area contributed by atoms with Crippen molar-refractivity contribution in [1.29, 1.82) is 0 Å². The second-order valence-corrected chi connectivity index (χ2v) is 4.77. The Bertz CT molecular complexity index is 462. The fourth-order valence-corrected chi connectivity index (χ4v) is 2.02. The number of benzene rings is 1. The van der Waals surface area contributed by atoms with Crippen molar-refractivity contribution in [1.82, 2.24) is 0 Å². The molecular weight excluding hydrogens is 274 g/mol. The van der Waals surface area contributed by atoms with Crippen molar-refractivity contribution in [3.05, 3.63) is 35.9 Å². The molecule has 0 aromatic heterocycles. The molecule has 0 heterocycles. The van der Waals surface area contributed by atoms with Gasteiger partial charge in [0.05, 0.1) is 13.2 Å². The van der Waals surface area contributed by atoms with E-state index in [0.717, 1.165) is 5.56 Å². The van der Waals surface area contributed by atoms with Gasteiger partial charge in [-0.05, 0) is 12.5 Å². The maximum atomic E-state index is 12.3. The van der Waals surface area contributed by atoms with Crippen LogP contribution in [0.3, 0.4) is 0 Å². The zero-order chi connectivity index (χ0) is 15.7. The monoisotopic (exact) mass is 296 g/mol. The number of ether oxygens (including phenoxy) is 2. The van der Waals surface area contributed by atoms with Crippen LogP contribution in [0.25, 0.3) is 0 Å². The van der Waals surface area contributed by atoms with Crippen molar-refractivity contribution in [3.8, 4) is 0 Å². The highest BCUT2D eigenvalue weighted by Crippen LogP contribution is 2.12. The minimum atomic E-state index is -1.04. The lowest BCUT2D eigenvalue weighted by molar-refractivity contribution is -0.849. The molecule has 0 bridgehead atoms. The minimum Gasteiger partial charge on any atom is -0.477 e. The molecule has 6 heteroatoms. The van der Waals surface area contributed by atoms with Gasteiger partial charge in [0.1, 0.15) is 13.2 Å². The molecule has 0 aliphatic heterocycles. The molecule has 1 N–H and O–H groups in total. The first-order valence-electron chi connectivity index (χ1n) is 6.82. The zero-order valence-corrected chi connectivity index (χ0v) is 12.4. The Morgan fingerprint density at radius 3 is 2.43 bits per heavy atom. The normalized spacial score (nSPS) is 13.4. The molecule has 1 rings (SSSR count). The lowest BCUT2D eigenvalue weighted by atomic mass is 10.2. The molecule has 0 radical (unpaired) electrons. The largest absolute Gasteiger partial charge is 0.516 e. The van der Waals surface area contributed by atoms with Crippen LogP contribution in [0.5, 0.6) is 0 Å². The topological polar surface area (TPSA) is 72.8 Å². The average molecular weight is 296 g/mol. The molecule has 0 aliphatic carbocycles. The number of carbonyl (C=O) groups excluding carboxylic acids is 1. The first-order valence-corrected chi connectivity index (χ1v) is 6.82. The average Bonchev–Trinajstić information content (AvgIpc) is 2.49. The van der Waals surface area contributed by atoms with Crippen molar-refractivity contribution in [2.75, 3.05) is 33.4 Å². The molecule has 116 valence electrons. The second kappa shape index (κ2) is 8.39. The molecule has 1 aromatic rings. The molecule has 0 saturated carbocycles. The number of quaternary nitrogens is 1. The Morgan fingerprint density at radius 1 is 1.24 bits per heavy atom. The lowest BCUT2D eigenvalue weighted by Gasteiger charge is -2.31. The summed E-state index contributed by atoms with van der Waals surface area (Å²) in [5.41, 5.74) is 0.863. The summed E-state index contributed by atoms with van der Waals surface area (Å²) in [4.78, 5) is 23.4. The van der Waals surface area contributed by atoms with Gasteiger partial charge in [0.15, 0.2) is 6.54 Å². The van der Waals surface area contributed by atoms with Gasteiger partial charge in [-0.15, -0.1) is 0 Å². The van der Waals surface area contributed by atoms with Gasteiger partial charge in [0.25, 0.3) is 0 Å². The number of carbonyl (C=O) groups is 2. The van der Waals surface area contributed by atoms with E-state index < -0.39 is 12.1 Å². The van der Waals surface area contributed by atoms with Gasteiger partial charge in [0, 0.05) is 7.11 Å². The number of hydrogen-bond donors (Lipinski definition) is 1. The Kier molecular flexibility index (Phi) is 6.84. The number of amides is 1. The SMILES string of the molecule is CC[N+](CCOC)(CC(=O)O)C(=O)OCc1ccccc1. The van der Waals surface area contributed by atoms with Crippen molar-refractivity contribution in [2.24, 2.45) is 0 Å². The van der Waals surface area contributed by atoms with E-state index in [1.165, 1.54) is 7.11 Å². The molecule has 0 saturated heterocycles. The predicted octanol–water partition coefficient (Wildman–Crippen LogP) is 1.89. The highest BCUT2D eigenvalue weighted by Gasteiger charge is 2.39. The van der Waals surface area contributed by atoms with E-state index in [-0.39, 0.29) is 24.2 Å². The molecular formula is C15H22NO5+. The number of methoxy groups -OCH3 is 1. The summed E-state index contributed by atoms with van der Waals surface area (Å²) < 4.78 is 9.99. The highest BCUT2D eigenvalue weighted by molar-refractivity contribution is 5.71. The van der Waals surface area contributed by atoms with Gasteiger partial charge in [-0.2, -0.15) is 4.79 Å².